The molecule has 4 rings (SSSR count). The van der Waals surface area contributed by atoms with Crippen LogP contribution in [0.2, 0.25) is 0 Å². The zero-order valence-corrected chi connectivity index (χ0v) is 17.7. The molecule has 2 N–H and O–H groups in total. The van der Waals surface area contributed by atoms with E-state index in [1.54, 1.807) is 17.6 Å². The Bertz CT molecular complexity index is 1010. The first-order chi connectivity index (χ1) is 14.4. The van der Waals surface area contributed by atoms with Crippen molar-refractivity contribution in [3.05, 3.63) is 54.1 Å². The van der Waals surface area contributed by atoms with Crippen LogP contribution in [0.25, 0.3) is 0 Å². The Hall–Kier alpha value is -2.42. The molecule has 2 aliphatic rings. The number of carbonyl (C=O) groups is 1. The lowest BCUT2D eigenvalue weighted by Gasteiger charge is -2.39. The summed E-state index contributed by atoms with van der Waals surface area (Å²) in [6.07, 6.45) is 2.54. The van der Waals surface area contributed by atoms with Gasteiger partial charge in [-0.3, -0.25) is 10.0 Å². The summed E-state index contributed by atoms with van der Waals surface area (Å²) < 4.78 is 31.0. The number of hydrogen-bond donors (Lipinski definition) is 2. The van der Waals surface area contributed by atoms with Gasteiger partial charge in [-0.1, -0.05) is 17.7 Å². The number of benzene rings is 2. The Kier molecular flexibility index (Phi) is 5.57. The molecular formula is C22H26N2O5S. The lowest BCUT2D eigenvalue weighted by atomic mass is 9.94. The molecule has 1 saturated carbocycles. The van der Waals surface area contributed by atoms with E-state index in [0.29, 0.717) is 30.6 Å². The molecule has 8 heteroatoms. The molecule has 0 atom stereocenters. The number of sulfone groups is 1. The van der Waals surface area contributed by atoms with Crippen LogP contribution < -0.4 is 10.2 Å². The van der Waals surface area contributed by atoms with Crippen molar-refractivity contribution < 1.29 is 23.2 Å². The highest BCUT2D eigenvalue weighted by atomic mass is 32.2. The van der Waals surface area contributed by atoms with Crippen LogP contribution in [-0.2, 0) is 14.6 Å². The number of carbonyl (C=O) groups excluding carboxylic acids is 1. The zero-order chi connectivity index (χ0) is 21.4. The van der Waals surface area contributed by atoms with Gasteiger partial charge in [0.2, 0.25) is 0 Å². The molecular weight excluding hydrogens is 404 g/mol. The Balaban J connectivity index is 1.57. The average Bonchev–Trinajstić information content (AvgIpc) is 3.60. The van der Waals surface area contributed by atoms with Gasteiger partial charge < -0.3 is 9.64 Å². The molecule has 2 fully saturated rings. The Morgan fingerprint density at radius 2 is 1.57 bits per heavy atom. The van der Waals surface area contributed by atoms with Gasteiger partial charge in [0, 0.05) is 19.1 Å². The summed E-state index contributed by atoms with van der Waals surface area (Å²) in [5.41, 5.74) is 2.71. The van der Waals surface area contributed by atoms with E-state index >= 15 is 0 Å². The van der Waals surface area contributed by atoms with Gasteiger partial charge in [0.05, 0.1) is 4.90 Å². The van der Waals surface area contributed by atoms with Crippen molar-refractivity contribution in [3.8, 4) is 11.5 Å². The maximum absolute atomic E-state index is 13.5. The molecule has 1 saturated heterocycles. The molecule has 160 valence electrons. The van der Waals surface area contributed by atoms with Crippen LogP contribution in [0.1, 0.15) is 31.2 Å². The number of ether oxygens (including phenoxy) is 1. The number of hydrogen-bond acceptors (Lipinski definition) is 6. The summed E-state index contributed by atoms with van der Waals surface area (Å²) in [4.78, 5) is 14.8. The second-order valence-electron chi connectivity index (χ2n) is 8.09. The number of rotatable bonds is 6. The third-order valence-electron chi connectivity index (χ3n) is 6.09. The normalized spacial score (nSPS) is 19.3. The zero-order valence-electron chi connectivity index (χ0n) is 16.9. The van der Waals surface area contributed by atoms with Crippen molar-refractivity contribution in [2.45, 2.75) is 48.3 Å². The smallest absolute Gasteiger partial charge is 0.265 e. The monoisotopic (exact) mass is 430 g/mol. The Morgan fingerprint density at radius 3 is 2.07 bits per heavy atom. The number of piperidine rings is 1. The minimum Gasteiger partial charge on any atom is -0.457 e. The lowest BCUT2D eigenvalue weighted by molar-refractivity contribution is -0.133. The van der Waals surface area contributed by atoms with Crippen molar-refractivity contribution in [3.63, 3.8) is 0 Å². The van der Waals surface area contributed by atoms with E-state index in [2.05, 4.69) is 4.90 Å². The standard InChI is InChI=1S/C22H26N2O5S/c1-16-2-6-18(7-3-16)29-19-8-10-20(11-9-19)30(27,28)22(21(25)23-26)12-14-24(15-13-22)17-4-5-17/h2-3,6-11,17,26H,4-5,12-15H2,1H3,(H,23,25). The van der Waals surface area contributed by atoms with E-state index in [9.17, 15) is 18.4 Å². The highest BCUT2D eigenvalue weighted by molar-refractivity contribution is 7.93. The van der Waals surface area contributed by atoms with Crippen LogP contribution >= 0.6 is 0 Å². The first-order valence-electron chi connectivity index (χ1n) is 10.1. The molecule has 0 aromatic heterocycles. The van der Waals surface area contributed by atoms with Gasteiger partial charge in [-0.2, -0.15) is 0 Å². The third-order valence-corrected chi connectivity index (χ3v) is 8.60. The number of hydroxylamine groups is 1. The summed E-state index contributed by atoms with van der Waals surface area (Å²) in [5, 5.41) is 9.28. The molecule has 1 aliphatic heterocycles. The Labute approximate surface area is 176 Å². The van der Waals surface area contributed by atoms with Gasteiger partial charge in [0.25, 0.3) is 5.91 Å². The van der Waals surface area contributed by atoms with Crippen LogP contribution in [-0.4, -0.2) is 48.3 Å². The fourth-order valence-electron chi connectivity index (χ4n) is 4.06. The largest absolute Gasteiger partial charge is 0.457 e. The highest BCUT2D eigenvalue weighted by Crippen LogP contribution is 2.39. The molecule has 7 nitrogen and oxygen atoms in total. The van der Waals surface area contributed by atoms with E-state index in [1.165, 1.54) is 12.1 Å². The van der Waals surface area contributed by atoms with E-state index in [-0.39, 0.29) is 17.7 Å². The van der Waals surface area contributed by atoms with Crippen LogP contribution in [0.5, 0.6) is 11.5 Å². The topological polar surface area (TPSA) is 95.9 Å². The number of nitrogens with one attached hydrogen (secondary N) is 1. The van der Waals surface area contributed by atoms with Crippen molar-refractivity contribution in [2.75, 3.05) is 13.1 Å². The van der Waals surface area contributed by atoms with Crippen molar-refractivity contribution in [1.82, 2.24) is 10.4 Å². The second kappa shape index (κ2) is 8.02. The van der Waals surface area contributed by atoms with Gasteiger partial charge >= 0.3 is 0 Å². The fourth-order valence-corrected chi connectivity index (χ4v) is 6.02. The maximum Gasteiger partial charge on any atom is 0.265 e. The van der Waals surface area contributed by atoms with Crippen molar-refractivity contribution in [2.24, 2.45) is 0 Å². The van der Waals surface area contributed by atoms with Gasteiger partial charge in [-0.05, 0) is 69.0 Å². The highest BCUT2D eigenvalue weighted by Gasteiger charge is 2.53. The molecule has 0 unspecified atom stereocenters. The maximum atomic E-state index is 13.5. The van der Waals surface area contributed by atoms with Crippen molar-refractivity contribution >= 4 is 15.7 Å². The first-order valence-corrected chi connectivity index (χ1v) is 11.6. The second-order valence-corrected chi connectivity index (χ2v) is 10.4. The SMILES string of the molecule is Cc1ccc(Oc2ccc(S(=O)(=O)C3(C(=O)NO)CCN(C4CC4)CC3)cc2)cc1. The molecule has 0 bridgehead atoms. The predicted molar refractivity (Wildman–Crippen MR) is 111 cm³/mol. The van der Waals surface area contributed by atoms with Gasteiger partial charge in [0.1, 0.15) is 11.5 Å². The van der Waals surface area contributed by atoms with Gasteiger partial charge in [0.15, 0.2) is 14.6 Å². The minimum absolute atomic E-state index is 0.0437. The predicted octanol–water partition coefficient (Wildman–Crippen LogP) is 3.06. The van der Waals surface area contributed by atoms with Crippen molar-refractivity contribution in [1.29, 1.82) is 0 Å². The third kappa shape index (κ3) is 3.82. The van der Waals surface area contributed by atoms with E-state index in [4.69, 9.17) is 4.74 Å². The van der Waals surface area contributed by atoms with Gasteiger partial charge in [-0.25, -0.2) is 13.9 Å². The number of nitrogens with zero attached hydrogens (tertiary/aromatic N) is 1. The lowest BCUT2D eigenvalue weighted by Crippen LogP contribution is -2.58. The molecule has 0 radical (unpaired) electrons. The Morgan fingerprint density at radius 1 is 1.03 bits per heavy atom. The summed E-state index contributed by atoms with van der Waals surface area (Å²) >= 11 is 0. The summed E-state index contributed by atoms with van der Waals surface area (Å²) in [6.45, 7) is 3.02. The molecule has 2 aromatic rings. The molecule has 1 aliphatic carbocycles. The van der Waals surface area contributed by atoms with Crippen LogP contribution in [0.3, 0.4) is 0 Å². The minimum atomic E-state index is -4.01. The number of amides is 1. The van der Waals surface area contributed by atoms with Crippen LogP contribution in [0, 0.1) is 6.92 Å². The van der Waals surface area contributed by atoms with Crippen LogP contribution in [0.15, 0.2) is 53.4 Å². The van der Waals surface area contributed by atoms with E-state index < -0.39 is 20.5 Å². The molecule has 0 spiro atoms. The van der Waals surface area contributed by atoms with Crippen LogP contribution in [0.4, 0.5) is 0 Å². The average molecular weight is 431 g/mol. The van der Waals surface area contributed by atoms with E-state index in [1.807, 2.05) is 31.2 Å². The summed E-state index contributed by atoms with van der Waals surface area (Å²) in [5.74, 6) is 0.291. The van der Waals surface area contributed by atoms with Gasteiger partial charge in [-0.15, -0.1) is 0 Å². The number of aryl methyl sites for hydroxylation is 1. The molecule has 30 heavy (non-hydrogen) atoms. The quantitative estimate of drug-likeness (QED) is 0.540. The molecule has 1 heterocycles. The summed E-state index contributed by atoms with van der Waals surface area (Å²) in [6, 6.07) is 14.1. The summed E-state index contributed by atoms with van der Waals surface area (Å²) in [7, 11) is -4.01. The molecule has 1 amide bonds. The first kappa shape index (κ1) is 20.8. The fraction of sp³-hybridized carbons (Fsp3) is 0.409. The number of likely N-dealkylation sites (tertiary alicyclic amines) is 1. The van der Waals surface area contributed by atoms with E-state index in [0.717, 1.165) is 18.4 Å². The molecule has 2 aromatic carbocycles.